The van der Waals surface area contributed by atoms with Crippen LogP contribution in [0.15, 0.2) is 6.20 Å². The molecule has 2 atom stereocenters. The number of hydrogen-bond acceptors (Lipinski definition) is 6. The van der Waals surface area contributed by atoms with Crippen molar-refractivity contribution in [1.29, 1.82) is 0 Å². The van der Waals surface area contributed by atoms with Crippen LogP contribution in [0, 0.1) is 0 Å². The summed E-state index contributed by atoms with van der Waals surface area (Å²) in [5, 5.41) is 17.6. The maximum atomic E-state index is 13.2. The Morgan fingerprint density at radius 3 is 2.69 bits per heavy atom. The molecule has 26 heavy (non-hydrogen) atoms. The zero-order chi connectivity index (χ0) is 17.9. The van der Waals surface area contributed by atoms with Crippen molar-refractivity contribution in [3.05, 3.63) is 11.8 Å². The molecule has 1 amide bonds. The summed E-state index contributed by atoms with van der Waals surface area (Å²) < 4.78 is 0. The van der Waals surface area contributed by atoms with Crippen molar-refractivity contribution in [2.45, 2.75) is 75.0 Å². The van der Waals surface area contributed by atoms with Crippen LogP contribution < -0.4 is 15.5 Å². The molecule has 1 aromatic heterocycles. The van der Waals surface area contributed by atoms with E-state index in [1.54, 1.807) is 0 Å². The summed E-state index contributed by atoms with van der Waals surface area (Å²) in [7, 11) is 0. The number of amides is 1. The van der Waals surface area contributed by atoms with Gasteiger partial charge >= 0.3 is 0 Å². The molecule has 0 unspecified atom stereocenters. The number of aromatic nitrogens is 2. The first-order valence-electron chi connectivity index (χ1n) is 9.92. The van der Waals surface area contributed by atoms with Gasteiger partial charge in [0.05, 0.1) is 17.1 Å². The van der Waals surface area contributed by atoms with Crippen molar-refractivity contribution in [3.63, 3.8) is 0 Å². The van der Waals surface area contributed by atoms with Crippen LogP contribution in [0.2, 0.25) is 0 Å². The van der Waals surface area contributed by atoms with Gasteiger partial charge in [0, 0.05) is 17.8 Å². The quantitative estimate of drug-likeness (QED) is 0.756. The lowest BCUT2D eigenvalue weighted by Gasteiger charge is -2.34. The molecule has 3 fully saturated rings. The molecule has 1 spiro atoms. The normalized spacial score (nSPS) is 32.9. The summed E-state index contributed by atoms with van der Waals surface area (Å²) in [4.78, 5) is 24.4. The van der Waals surface area contributed by atoms with Gasteiger partial charge in [0.2, 0.25) is 11.9 Å². The molecule has 0 bridgehead atoms. The average molecular weight is 357 g/mol. The Morgan fingerprint density at radius 1 is 1.27 bits per heavy atom. The van der Waals surface area contributed by atoms with E-state index in [4.69, 9.17) is 4.98 Å². The van der Waals surface area contributed by atoms with E-state index < -0.39 is 11.0 Å². The van der Waals surface area contributed by atoms with Gasteiger partial charge in [-0.2, -0.15) is 4.98 Å². The predicted molar refractivity (Wildman–Crippen MR) is 98.2 cm³/mol. The van der Waals surface area contributed by atoms with Crippen LogP contribution in [0.25, 0.3) is 0 Å². The van der Waals surface area contributed by atoms with Crippen molar-refractivity contribution >= 4 is 17.7 Å². The number of rotatable bonds is 3. The lowest BCUT2D eigenvalue weighted by atomic mass is 9.98. The summed E-state index contributed by atoms with van der Waals surface area (Å²) in [6.45, 7) is 3.85. The first-order chi connectivity index (χ1) is 12.5. The highest BCUT2D eigenvalue weighted by molar-refractivity contribution is 6.09. The average Bonchev–Trinajstić information content (AvgIpc) is 3.31. The molecular formula is C19H27N5O2. The third-order valence-corrected chi connectivity index (χ3v) is 6.75. The molecule has 0 radical (unpaired) electrons. The molecule has 2 aliphatic carbocycles. The molecule has 0 aromatic carbocycles. The van der Waals surface area contributed by atoms with Gasteiger partial charge in [-0.15, -0.1) is 0 Å². The first-order valence-corrected chi connectivity index (χ1v) is 9.92. The van der Waals surface area contributed by atoms with Gasteiger partial charge in [-0.25, -0.2) is 4.98 Å². The Kier molecular flexibility index (Phi) is 3.56. The van der Waals surface area contributed by atoms with Crippen LogP contribution in [0.4, 0.5) is 11.8 Å². The molecule has 3 heterocycles. The second kappa shape index (κ2) is 5.63. The second-order valence-corrected chi connectivity index (χ2v) is 8.62. The van der Waals surface area contributed by atoms with Gasteiger partial charge < -0.3 is 15.7 Å². The summed E-state index contributed by atoms with van der Waals surface area (Å²) in [5.74, 6) is 1.45. The standard InChI is InChI=1S/C19H27N5O2/c1-18(26)6-2-3-14(18)24-15-13(19(7-8-19)16(24)25)11-21-17(23-15)22-12-4-9-20-10-5-12/h11-12,14,20,26H,2-10H2,1H3,(H,21,22,23)/t14-,18-/m0/s1. The Labute approximate surface area is 153 Å². The molecule has 4 aliphatic rings. The Hall–Kier alpha value is -1.73. The fourth-order valence-corrected chi connectivity index (χ4v) is 4.99. The SMILES string of the molecule is C[C@]1(O)CCC[C@@H]1N1C(=O)C2(CC2)c2cnc(NC3CCNCC3)nc21. The van der Waals surface area contributed by atoms with Gasteiger partial charge in [0.25, 0.3) is 0 Å². The lowest BCUT2D eigenvalue weighted by molar-refractivity contribution is -0.121. The zero-order valence-electron chi connectivity index (χ0n) is 15.3. The minimum Gasteiger partial charge on any atom is -0.388 e. The fourth-order valence-electron chi connectivity index (χ4n) is 4.99. The van der Waals surface area contributed by atoms with E-state index >= 15 is 0 Å². The highest BCUT2D eigenvalue weighted by atomic mass is 16.3. The number of piperidine rings is 1. The van der Waals surface area contributed by atoms with Crippen LogP contribution in [0.5, 0.6) is 0 Å². The van der Waals surface area contributed by atoms with Gasteiger partial charge in [-0.3, -0.25) is 9.69 Å². The van der Waals surface area contributed by atoms with E-state index in [-0.39, 0.29) is 11.9 Å². The zero-order valence-corrected chi connectivity index (χ0v) is 15.3. The topological polar surface area (TPSA) is 90.4 Å². The van der Waals surface area contributed by atoms with Crippen molar-refractivity contribution in [2.75, 3.05) is 23.3 Å². The number of hydrogen-bond donors (Lipinski definition) is 3. The molecule has 2 saturated carbocycles. The summed E-state index contributed by atoms with van der Waals surface area (Å²) in [6.07, 6.45) is 8.18. The van der Waals surface area contributed by atoms with Crippen LogP contribution in [-0.4, -0.2) is 51.8 Å². The molecular weight excluding hydrogens is 330 g/mol. The third-order valence-electron chi connectivity index (χ3n) is 6.75. The number of aliphatic hydroxyl groups is 1. The van der Waals surface area contributed by atoms with Crippen molar-refractivity contribution in [1.82, 2.24) is 15.3 Å². The third kappa shape index (κ3) is 2.36. The summed E-state index contributed by atoms with van der Waals surface area (Å²) >= 11 is 0. The van der Waals surface area contributed by atoms with Crippen LogP contribution in [0.3, 0.4) is 0 Å². The lowest BCUT2D eigenvalue weighted by Crippen LogP contribution is -2.50. The second-order valence-electron chi connectivity index (χ2n) is 8.62. The molecule has 5 rings (SSSR count). The van der Waals surface area contributed by atoms with E-state index in [0.29, 0.717) is 12.0 Å². The largest absolute Gasteiger partial charge is 0.388 e. The van der Waals surface area contributed by atoms with Crippen LogP contribution >= 0.6 is 0 Å². The number of nitrogens with one attached hydrogen (secondary N) is 2. The van der Waals surface area contributed by atoms with Gasteiger partial charge in [0.15, 0.2) is 0 Å². The van der Waals surface area contributed by atoms with Crippen LogP contribution in [-0.2, 0) is 10.2 Å². The minimum atomic E-state index is -0.846. The van der Waals surface area contributed by atoms with E-state index in [2.05, 4.69) is 15.6 Å². The summed E-state index contributed by atoms with van der Waals surface area (Å²) in [6, 6.07) is 0.180. The van der Waals surface area contributed by atoms with Crippen LogP contribution in [0.1, 0.15) is 57.4 Å². The molecule has 1 saturated heterocycles. The fraction of sp³-hybridized carbons (Fsp3) is 0.737. The minimum absolute atomic E-state index is 0.119. The Morgan fingerprint density at radius 2 is 2.04 bits per heavy atom. The number of anilines is 2. The predicted octanol–water partition coefficient (Wildman–Crippen LogP) is 1.32. The maximum Gasteiger partial charge on any atom is 0.239 e. The van der Waals surface area contributed by atoms with E-state index in [0.717, 1.165) is 69.4 Å². The number of nitrogens with zero attached hydrogens (tertiary/aromatic N) is 3. The maximum absolute atomic E-state index is 13.2. The van der Waals surface area contributed by atoms with Crippen molar-refractivity contribution in [2.24, 2.45) is 0 Å². The van der Waals surface area contributed by atoms with Gasteiger partial charge in [-0.1, -0.05) is 0 Å². The highest BCUT2D eigenvalue weighted by Crippen LogP contribution is 2.58. The number of carbonyl (C=O) groups is 1. The van der Waals surface area contributed by atoms with E-state index in [1.165, 1.54) is 0 Å². The van der Waals surface area contributed by atoms with Crippen molar-refractivity contribution in [3.8, 4) is 0 Å². The first kappa shape index (κ1) is 16.4. The smallest absolute Gasteiger partial charge is 0.239 e. The molecule has 3 N–H and O–H groups in total. The number of carbonyl (C=O) groups excluding carboxylic acids is 1. The van der Waals surface area contributed by atoms with E-state index in [1.807, 2.05) is 18.0 Å². The van der Waals surface area contributed by atoms with E-state index in [9.17, 15) is 9.90 Å². The Bertz CT molecular complexity index is 739. The molecule has 7 heteroatoms. The van der Waals surface area contributed by atoms with Gasteiger partial charge in [-0.05, 0) is 65.0 Å². The van der Waals surface area contributed by atoms with Gasteiger partial charge in [0.1, 0.15) is 5.82 Å². The Balaban J connectivity index is 1.49. The molecule has 2 aliphatic heterocycles. The van der Waals surface area contributed by atoms with Crippen molar-refractivity contribution < 1.29 is 9.90 Å². The highest BCUT2D eigenvalue weighted by Gasteiger charge is 2.63. The molecule has 7 nitrogen and oxygen atoms in total. The molecule has 1 aromatic rings. The summed E-state index contributed by atoms with van der Waals surface area (Å²) in [5.41, 5.74) is -0.302. The molecule has 140 valence electrons. The monoisotopic (exact) mass is 357 g/mol. The number of fused-ring (bicyclic) bond motifs is 2.